The monoisotopic (exact) mass is 254 g/mol. The highest BCUT2D eigenvalue weighted by Gasteiger charge is 2.08. The number of halogens is 2. The van der Waals surface area contributed by atoms with Crippen molar-refractivity contribution in [1.82, 2.24) is 9.55 Å². The number of aromatic nitrogens is 2. The number of nitrogens with zero attached hydrogens (tertiary/aromatic N) is 2. The first-order valence-electron chi connectivity index (χ1n) is 5.04. The van der Waals surface area contributed by atoms with Crippen LogP contribution in [0, 0.1) is 0 Å². The van der Waals surface area contributed by atoms with Crippen molar-refractivity contribution in [3.63, 3.8) is 0 Å². The van der Waals surface area contributed by atoms with Crippen LogP contribution in [0.4, 0.5) is 0 Å². The van der Waals surface area contributed by atoms with Gasteiger partial charge in [-0.2, -0.15) is 0 Å². The number of benzene rings is 1. The van der Waals surface area contributed by atoms with Gasteiger partial charge in [-0.05, 0) is 5.56 Å². The molecule has 16 heavy (non-hydrogen) atoms. The fourth-order valence-corrected chi connectivity index (χ4v) is 2.16. The molecule has 0 radical (unpaired) electrons. The zero-order valence-electron chi connectivity index (χ0n) is 8.74. The lowest BCUT2D eigenvalue weighted by Gasteiger charge is -2.06. The Kier molecular flexibility index (Phi) is 3.86. The fraction of sp³-hybridized carbons (Fsp3) is 0.250. The summed E-state index contributed by atoms with van der Waals surface area (Å²) in [5, 5.41) is 0. The second kappa shape index (κ2) is 5.37. The molecule has 0 N–H and O–H groups in total. The maximum Gasteiger partial charge on any atom is 0.0955 e. The molecule has 0 saturated heterocycles. The second-order valence-electron chi connectivity index (χ2n) is 3.52. The van der Waals surface area contributed by atoms with Crippen molar-refractivity contribution in [3.05, 3.63) is 53.6 Å². The zero-order chi connectivity index (χ0) is 11.4. The predicted molar refractivity (Wildman–Crippen MR) is 66.9 cm³/mol. The molecule has 84 valence electrons. The van der Waals surface area contributed by atoms with Crippen molar-refractivity contribution in [1.29, 1.82) is 0 Å². The molecule has 0 unspecified atom stereocenters. The van der Waals surface area contributed by atoms with Gasteiger partial charge in [0.1, 0.15) is 0 Å². The van der Waals surface area contributed by atoms with Crippen LogP contribution in [0.15, 0.2) is 36.7 Å². The van der Waals surface area contributed by atoms with Crippen LogP contribution >= 0.6 is 23.2 Å². The summed E-state index contributed by atoms with van der Waals surface area (Å²) < 4.78 is 2.04. The summed E-state index contributed by atoms with van der Waals surface area (Å²) >= 11 is 11.7. The molecule has 4 heteroatoms. The molecule has 1 aromatic heterocycles. The van der Waals surface area contributed by atoms with E-state index in [9.17, 15) is 0 Å². The first kappa shape index (κ1) is 11.5. The Bertz CT molecular complexity index is 451. The third-order valence-electron chi connectivity index (χ3n) is 2.48. The maximum atomic E-state index is 5.90. The van der Waals surface area contributed by atoms with Crippen molar-refractivity contribution < 1.29 is 0 Å². The number of hydrogen-bond donors (Lipinski definition) is 0. The third kappa shape index (κ3) is 2.39. The van der Waals surface area contributed by atoms with E-state index in [0.29, 0.717) is 11.8 Å². The van der Waals surface area contributed by atoms with Gasteiger partial charge < -0.3 is 4.57 Å². The average molecular weight is 255 g/mol. The van der Waals surface area contributed by atoms with Crippen molar-refractivity contribution in [3.8, 4) is 0 Å². The molecule has 0 amide bonds. The first-order chi connectivity index (χ1) is 7.85. The van der Waals surface area contributed by atoms with E-state index >= 15 is 0 Å². The van der Waals surface area contributed by atoms with Gasteiger partial charge in [-0.1, -0.05) is 30.3 Å². The molecule has 0 aliphatic rings. The molecule has 2 aromatic rings. The fourth-order valence-electron chi connectivity index (χ4n) is 1.63. The second-order valence-corrected chi connectivity index (χ2v) is 4.05. The molecule has 0 fully saturated rings. The lowest BCUT2D eigenvalue weighted by molar-refractivity contribution is 0.763. The molecular formula is C12H12Cl2N2. The minimum atomic E-state index is 0.407. The van der Waals surface area contributed by atoms with Gasteiger partial charge in [-0.15, -0.1) is 23.2 Å². The summed E-state index contributed by atoms with van der Waals surface area (Å²) in [6.45, 7) is 0.785. The van der Waals surface area contributed by atoms with Crippen LogP contribution in [0.25, 0.3) is 0 Å². The molecular weight excluding hydrogens is 243 g/mol. The lowest BCUT2D eigenvalue weighted by atomic mass is 10.2. The Morgan fingerprint density at radius 2 is 1.81 bits per heavy atom. The van der Waals surface area contributed by atoms with Gasteiger partial charge in [0.15, 0.2) is 0 Å². The quantitative estimate of drug-likeness (QED) is 0.765. The number of imidazole rings is 1. The van der Waals surface area contributed by atoms with Crippen molar-refractivity contribution in [2.45, 2.75) is 18.3 Å². The van der Waals surface area contributed by atoms with Gasteiger partial charge in [0.25, 0.3) is 0 Å². The Morgan fingerprint density at radius 3 is 2.44 bits per heavy atom. The topological polar surface area (TPSA) is 17.8 Å². The van der Waals surface area contributed by atoms with Crippen LogP contribution in [-0.2, 0) is 18.3 Å². The van der Waals surface area contributed by atoms with Gasteiger partial charge >= 0.3 is 0 Å². The van der Waals surface area contributed by atoms with Gasteiger partial charge in [0.05, 0.1) is 29.5 Å². The first-order valence-corrected chi connectivity index (χ1v) is 6.10. The highest BCUT2D eigenvalue weighted by atomic mass is 35.5. The average Bonchev–Trinajstić information content (AvgIpc) is 2.72. The highest BCUT2D eigenvalue weighted by molar-refractivity contribution is 6.18. The van der Waals surface area contributed by atoms with E-state index in [4.69, 9.17) is 23.2 Å². The minimum Gasteiger partial charge on any atom is -0.329 e. The van der Waals surface area contributed by atoms with Crippen LogP contribution in [0.2, 0.25) is 0 Å². The van der Waals surface area contributed by atoms with Crippen molar-refractivity contribution in [2.75, 3.05) is 0 Å². The molecule has 0 spiro atoms. The molecule has 2 nitrogen and oxygen atoms in total. The molecule has 1 aromatic carbocycles. The van der Waals surface area contributed by atoms with Gasteiger partial charge in [-0.25, -0.2) is 4.98 Å². The van der Waals surface area contributed by atoms with Gasteiger partial charge in [0.2, 0.25) is 0 Å². The lowest BCUT2D eigenvalue weighted by Crippen LogP contribution is -2.02. The Hall–Kier alpha value is -0.990. The van der Waals surface area contributed by atoms with Gasteiger partial charge in [-0.3, -0.25) is 0 Å². The van der Waals surface area contributed by atoms with Crippen LogP contribution in [-0.4, -0.2) is 9.55 Å². The predicted octanol–water partition coefficient (Wildman–Crippen LogP) is 3.41. The van der Waals surface area contributed by atoms with E-state index in [2.05, 4.69) is 17.1 Å². The molecule has 0 aliphatic heterocycles. The van der Waals surface area contributed by atoms with Crippen LogP contribution in [0.1, 0.15) is 17.0 Å². The minimum absolute atomic E-state index is 0.407. The summed E-state index contributed by atoms with van der Waals surface area (Å²) in [6, 6.07) is 10.2. The van der Waals surface area contributed by atoms with E-state index in [-0.39, 0.29) is 0 Å². The molecule has 0 aliphatic carbocycles. The maximum absolute atomic E-state index is 5.90. The molecule has 0 saturated carbocycles. The van der Waals surface area contributed by atoms with Crippen LogP contribution in [0.3, 0.4) is 0 Å². The summed E-state index contributed by atoms with van der Waals surface area (Å²) in [6.07, 6.45) is 1.79. The number of alkyl halides is 2. The van der Waals surface area contributed by atoms with E-state index in [1.165, 1.54) is 5.56 Å². The van der Waals surface area contributed by atoms with Crippen LogP contribution in [0.5, 0.6) is 0 Å². The van der Waals surface area contributed by atoms with E-state index < -0.39 is 0 Å². The Morgan fingerprint density at radius 1 is 1.06 bits per heavy atom. The summed E-state index contributed by atoms with van der Waals surface area (Å²) in [7, 11) is 0. The van der Waals surface area contributed by atoms with E-state index in [0.717, 1.165) is 17.9 Å². The highest BCUT2D eigenvalue weighted by Crippen LogP contribution is 2.14. The SMILES string of the molecule is ClCc1ncn(Cc2ccccc2)c1CCl. The summed E-state index contributed by atoms with van der Waals surface area (Å²) in [5.41, 5.74) is 3.10. The van der Waals surface area contributed by atoms with Crippen LogP contribution < -0.4 is 0 Å². The van der Waals surface area contributed by atoms with Gasteiger partial charge in [0, 0.05) is 6.54 Å². The van der Waals surface area contributed by atoms with Crippen molar-refractivity contribution in [2.24, 2.45) is 0 Å². The molecule has 0 atom stereocenters. The van der Waals surface area contributed by atoms with Crippen molar-refractivity contribution >= 4 is 23.2 Å². The Labute approximate surface area is 105 Å². The standard InChI is InChI=1S/C12H12Cl2N2/c13-6-11-12(7-14)16(9-15-11)8-10-4-2-1-3-5-10/h1-5,9H,6-8H2. The summed E-state index contributed by atoms with van der Waals surface area (Å²) in [5.74, 6) is 0.846. The largest absolute Gasteiger partial charge is 0.329 e. The third-order valence-corrected chi connectivity index (χ3v) is 2.99. The van der Waals surface area contributed by atoms with E-state index in [1.54, 1.807) is 6.33 Å². The summed E-state index contributed by atoms with van der Waals surface area (Å²) in [4.78, 5) is 4.25. The normalized spacial score (nSPS) is 10.6. The Balaban J connectivity index is 2.25. The number of hydrogen-bond acceptors (Lipinski definition) is 1. The smallest absolute Gasteiger partial charge is 0.0955 e. The molecule has 1 heterocycles. The molecule has 0 bridgehead atoms. The van der Waals surface area contributed by atoms with E-state index in [1.807, 2.05) is 22.8 Å². The number of rotatable bonds is 4. The molecule has 2 rings (SSSR count). The zero-order valence-corrected chi connectivity index (χ0v) is 10.2.